The maximum Gasteiger partial charge on any atom is 0.220 e. The topological polar surface area (TPSA) is 38.3 Å². The van der Waals surface area contributed by atoms with Crippen LogP contribution < -0.4 is 10.1 Å². The minimum atomic E-state index is 0.137. The van der Waals surface area contributed by atoms with Crippen molar-refractivity contribution in [1.29, 1.82) is 0 Å². The molecule has 14 heavy (non-hydrogen) atoms. The number of carbonyl (C=O) groups is 1. The molecule has 1 fully saturated rings. The summed E-state index contributed by atoms with van der Waals surface area (Å²) in [6, 6.07) is 7.89. The maximum atomic E-state index is 11.0. The summed E-state index contributed by atoms with van der Waals surface area (Å²) < 4.78 is 5.14. The molecule has 1 saturated heterocycles. The number of rotatable bonds is 2. The van der Waals surface area contributed by atoms with E-state index in [0.29, 0.717) is 12.3 Å². The van der Waals surface area contributed by atoms with Crippen LogP contribution in [0.2, 0.25) is 0 Å². The Bertz CT molecular complexity index is 349. The van der Waals surface area contributed by atoms with Gasteiger partial charge in [0.05, 0.1) is 7.11 Å². The van der Waals surface area contributed by atoms with Crippen LogP contribution >= 0.6 is 0 Å². The zero-order valence-corrected chi connectivity index (χ0v) is 8.12. The quantitative estimate of drug-likeness (QED) is 0.765. The van der Waals surface area contributed by atoms with E-state index >= 15 is 0 Å². The molecule has 1 aromatic rings. The molecular formula is C11H13NO2. The standard InChI is InChI=1S/C11H13NO2/c1-14-10-4-2-3-8(5-10)9-6-11(13)12-7-9/h2-5,9H,6-7H2,1H3,(H,12,13). The second kappa shape index (κ2) is 3.70. The van der Waals surface area contributed by atoms with Crippen LogP contribution in [0.25, 0.3) is 0 Å². The van der Waals surface area contributed by atoms with Gasteiger partial charge in [-0.25, -0.2) is 0 Å². The molecule has 1 heterocycles. The Hall–Kier alpha value is -1.51. The molecule has 3 nitrogen and oxygen atoms in total. The van der Waals surface area contributed by atoms with Gasteiger partial charge >= 0.3 is 0 Å². The molecule has 1 aliphatic rings. The van der Waals surface area contributed by atoms with Crippen molar-refractivity contribution >= 4 is 5.91 Å². The van der Waals surface area contributed by atoms with E-state index in [1.54, 1.807) is 7.11 Å². The zero-order valence-electron chi connectivity index (χ0n) is 8.12. The van der Waals surface area contributed by atoms with Crippen LogP contribution in [0.15, 0.2) is 24.3 Å². The van der Waals surface area contributed by atoms with Crippen molar-refractivity contribution in [1.82, 2.24) is 5.32 Å². The van der Waals surface area contributed by atoms with Crippen LogP contribution in [0.3, 0.4) is 0 Å². The van der Waals surface area contributed by atoms with Gasteiger partial charge in [-0.15, -0.1) is 0 Å². The van der Waals surface area contributed by atoms with E-state index in [4.69, 9.17) is 4.74 Å². The smallest absolute Gasteiger partial charge is 0.220 e. The molecule has 1 aliphatic heterocycles. The molecule has 1 atom stereocenters. The summed E-state index contributed by atoms with van der Waals surface area (Å²) in [5, 5.41) is 2.83. The Morgan fingerprint density at radius 3 is 3.00 bits per heavy atom. The average molecular weight is 191 g/mol. The minimum absolute atomic E-state index is 0.137. The normalized spacial score (nSPS) is 20.6. The largest absolute Gasteiger partial charge is 0.497 e. The highest BCUT2D eigenvalue weighted by molar-refractivity contribution is 5.79. The fourth-order valence-corrected chi connectivity index (χ4v) is 1.74. The molecule has 1 unspecified atom stereocenters. The summed E-state index contributed by atoms with van der Waals surface area (Å²) in [4.78, 5) is 11.0. The molecule has 1 N–H and O–H groups in total. The third kappa shape index (κ3) is 1.71. The van der Waals surface area contributed by atoms with Gasteiger partial charge in [0.2, 0.25) is 5.91 Å². The van der Waals surface area contributed by atoms with E-state index in [1.165, 1.54) is 5.56 Å². The predicted molar refractivity (Wildman–Crippen MR) is 53.4 cm³/mol. The molecule has 1 aromatic carbocycles. The van der Waals surface area contributed by atoms with Gasteiger partial charge in [0, 0.05) is 18.9 Å². The Kier molecular flexibility index (Phi) is 2.39. The Labute approximate surface area is 83.1 Å². The number of carbonyl (C=O) groups excluding carboxylic acids is 1. The molecule has 0 aromatic heterocycles. The highest BCUT2D eigenvalue weighted by atomic mass is 16.5. The fraction of sp³-hybridized carbons (Fsp3) is 0.364. The molecular weight excluding hydrogens is 178 g/mol. The third-order valence-corrected chi connectivity index (χ3v) is 2.54. The molecule has 0 saturated carbocycles. The predicted octanol–water partition coefficient (Wildman–Crippen LogP) is 1.30. The highest BCUT2D eigenvalue weighted by Crippen LogP contribution is 2.25. The molecule has 0 spiro atoms. The number of methoxy groups -OCH3 is 1. The first-order chi connectivity index (χ1) is 6.79. The molecule has 74 valence electrons. The summed E-state index contributed by atoms with van der Waals surface area (Å²) >= 11 is 0. The SMILES string of the molecule is COc1cccc(C2CNC(=O)C2)c1. The van der Waals surface area contributed by atoms with Gasteiger partial charge in [0.25, 0.3) is 0 Å². The van der Waals surface area contributed by atoms with E-state index in [2.05, 4.69) is 5.32 Å². The lowest BCUT2D eigenvalue weighted by molar-refractivity contribution is -0.119. The summed E-state index contributed by atoms with van der Waals surface area (Å²) in [6.45, 7) is 0.742. The lowest BCUT2D eigenvalue weighted by Gasteiger charge is -2.08. The van der Waals surface area contributed by atoms with E-state index in [0.717, 1.165) is 12.3 Å². The first kappa shape index (κ1) is 9.06. The van der Waals surface area contributed by atoms with Crippen LogP contribution in [0.4, 0.5) is 0 Å². The van der Waals surface area contributed by atoms with Gasteiger partial charge in [0.15, 0.2) is 0 Å². The van der Waals surface area contributed by atoms with Crippen molar-refractivity contribution < 1.29 is 9.53 Å². The monoisotopic (exact) mass is 191 g/mol. The van der Waals surface area contributed by atoms with Gasteiger partial charge in [-0.2, -0.15) is 0 Å². The number of benzene rings is 1. The van der Waals surface area contributed by atoms with Crippen molar-refractivity contribution in [3.8, 4) is 5.75 Å². The fourth-order valence-electron chi connectivity index (χ4n) is 1.74. The van der Waals surface area contributed by atoms with Crippen LogP contribution in [0.5, 0.6) is 5.75 Å². The second-order valence-corrected chi connectivity index (χ2v) is 3.48. The number of hydrogen-bond donors (Lipinski definition) is 1. The van der Waals surface area contributed by atoms with Gasteiger partial charge in [-0.1, -0.05) is 12.1 Å². The molecule has 2 rings (SSSR count). The van der Waals surface area contributed by atoms with Crippen molar-refractivity contribution in [2.45, 2.75) is 12.3 Å². The minimum Gasteiger partial charge on any atom is -0.497 e. The van der Waals surface area contributed by atoms with Crippen LogP contribution in [-0.4, -0.2) is 19.6 Å². The van der Waals surface area contributed by atoms with Crippen LogP contribution in [-0.2, 0) is 4.79 Å². The summed E-state index contributed by atoms with van der Waals surface area (Å²) in [5.41, 5.74) is 1.17. The van der Waals surface area contributed by atoms with Crippen molar-refractivity contribution in [3.05, 3.63) is 29.8 Å². The number of nitrogens with one attached hydrogen (secondary N) is 1. The van der Waals surface area contributed by atoms with Gasteiger partial charge in [0.1, 0.15) is 5.75 Å². The molecule has 1 amide bonds. The number of hydrogen-bond acceptors (Lipinski definition) is 2. The van der Waals surface area contributed by atoms with E-state index in [1.807, 2.05) is 24.3 Å². The summed E-state index contributed by atoms with van der Waals surface area (Å²) in [5.74, 6) is 1.29. The van der Waals surface area contributed by atoms with E-state index < -0.39 is 0 Å². The Morgan fingerprint density at radius 2 is 2.36 bits per heavy atom. The van der Waals surface area contributed by atoms with Gasteiger partial charge in [-0.05, 0) is 17.7 Å². The molecule has 3 heteroatoms. The number of amides is 1. The van der Waals surface area contributed by atoms with Crippen molar-refractivity contribution in [3.63, 3.8) is 0 Å². The molecule has 0 aliphatic carbocycles. The number of ether oxygens (including phenoxy) is 1. The van der Waals surface area contributed by atoms with Crippen molar-refractivity contribution in [2.24, 2.45) is 0 Å². The van der Waals surface area contributed by atoms with Gasteiger partial charge < -0.3 is 10.1 Å². The summed E-state index contributed by atoms with van der Waals surface area (Å²) in [7, 11) is 1.65. The van der Waals surface area contributed by atoms with Crippen molar-refractivity contribution in [2.75, 3.05) is 13.7 Å². The van der Waals surface area contributed by atoms with E-state index in [9.17, 15) is 4.79 Å². The van der Waals surface area contributed by atoms with Crippen LogP contribution in [0.1, 0.15) is 17.9 Å². The third-order valence-electron chi connectivity index (χ3n) is 2.54. The molecule has 0 bridgehead atoms. The highest BCUT2D eigenvalue weighted by Gasteiger charge is 2.22. The van der Waals surface area contributed by atoms with Gasteiger partial charge in [-0.3, -0.25) is 4.79 Å². The lowest BCUT2D eigenvalue weighted by atomic mass is 9.98. The molecule has 0 radical (unpaired) electrons. The Morgan fingerprint density at radius 1 is 1.50 bits per heavy atom. The zero-order chi connectivity index (χ0) is 9.97. The maximum absolute atomic E-state index is 11.0. The average Bonchev–Trinajstić information content (AvgIpc) is 2.65. The summed E-state index contributed by atoms with van der Waals surface area (Å²) in [6.07, 6.45) is 0.590. The van der Waals surface area contributed by atoms with Crippen LogP contribution in [0, 0.1) is 0 Å². The van der Waals surface area contributed by atoms with E-state index in [-0.39, 0.29) is 5.91 Å². The second-order valence-electron chi connectivity index (χ2n) is 3.48. The Balaban J connectivity index is 2.19. The first-order valence-corrected chi connectivity index (χ1v) is 4.70. The lowest BCUT2D eigenvalue weighted by Crippen LogP contribution is -2.13. The first-order valence-electron chi connectivity index (χ1n) is 4.70.